The van der Waals surface area contributed by atoms with E-state index in [9.17, 15) is 9.59 Å². The number of rotatable bonds is 3. The van der Waals surface area contributed by atoms with Crippen LogP contribution in [0.3, 0.4) is 0 Å². The first kappa shape index (κ1) is 16.7. The number of ether oxygens (including phenoxy) is 1. The smallest absolute Gasteiger partial charge is 0.317 e. The molecule has 0 N–H and O–H groups in total. The van der Waals surface area contributed by atoms with Gasteiger partial charge in [0.1, 0.15) is 17.8 Å². The van der Waals surface area contributed by atoms with Crippen LogP contribution in [0.4, 0.5) is 0 Å². The highest BCUT2D eigenvalue weighted by Crippen LogP contribution is 2.44. The summed E-state index contributed by atoms with van der Waals surface area (Å²) in [6.07, 6.45) is 2.54. The quantitative estimate of drug-likeness (QED) is 0.456. The third-order valence-corrected chi connectivity index (χ3v) is 9.94. The molecule has 1 saturated heterocycles. The van der Waals surface area contributed by atoms with Crippen LogP contribution in [-0.4, -0.2) is 32.3 Å². The Kier molecular flexibility index (Phi) is 4.37. The second kappa shape index (κ2) is 5.50. The molecular weight excluding hydrogens is 284 g/mol. The summed E-state index contributed by atoms with van der Waals surface area (Å²) in [5.74, 6) is -0.969. The van der Waals surface area contributed by atoms with Gasteiger partial charge >= 0.3 is 5.97 Å². The molecule has 2 fully saturated rings. The van der Waals surface area contributed by atoms with Gasteiger partial charge in [0, 0.05) is 5.92 Å². The van der Waals surface area contributed by atoms with Gasteiger partial charge in [0.05, 0.1) is 6.10 Å². The summed E-state index contributed by atoms with van der Waals surface area (Å²) in [5.41, 5.74) is 0. The van der Waals surface area contributed by atoms with Gasteiger partial charge < -0.3 is 9.16 Å². The summed E-state index contributed by atoms with van der Waals surface area (Å²) >= 11 is 0. The maximum atomic E-state index is 12.0. The molecule has 0 aromatic carbocycles. The zero-order valence-corrected chi connectivity index (χ0v) is 15.1. The fourth-order valence-electron chi connectivity index (χ4n) is 3.21. The average molecular weight is 312 g/mol. The second-order valence-electron chi connectivity index (χ2n) is 8.00. The van der Waals surface area contributed by atoms with Gasteiger partial charge in [-0.2, -0.15) is 0 Å². The molecule has 1 heterocycles. The van der Waals surface area contributed by atoms with Crippen molar-refractivity contribution in [1.29, 1.82) is 0 Å². The van der Waals surface area contributed by atoms with Gasteiger partial charge in [-0.05, 0) is 37.9 Å². The summed E-state index contributed by atoms with van der Waals surface area (Å²) in [7, 11) is -1.90. The molecule has 21 heavy (non-hydrogen) atoms. The summed E-state index contributed by atoms with van der Waals surface area (Å²) in [5, 5.41) is 0.128. The van der Waals surface area contributed by atoms with E-state index in [-0.39, 0.29) is 34.9 Å². The lowest BCUT2D eigenvalue weighted by molar-refractivity contribution is -0.149. The van der Waals surface area contributed by atoms with E-state index >= 15 is 0 Å². The van der Waals surface area contributed by atoms with Gasteiger partial charge in [-0.1, -0.05) is 27.2 Å². The molecule has 0 unspecified atom stereocenters. The Bertz CT molecular complexity index is 438. The Morgan fingerprint density at radius 1 is 1.29 bits per heavy atom. The van der Waals surface area contributed by atoms with Gasteiger partial charge in [-0.3, -0.25) is 9.59 Å². The molecule has 5 heteroatoms. The van der Waals surface area contributed by atoms with Gasteiger partial charge in [0.15, 0.2) is 8.32 Å². The Morgan fingerprint density at radius 2 is 1.90 bits per heavy atom. The molecule has 1 saturated carbocycles. The summed E-state index contributed by atoms with van der Waals surface area (Å²) in [6.45, 7) is 12.5. The Labute approximate surface area is 128 Å². The van der Waals surface area contributed by atoms with Crippen molar-refractivity contribution in [3.05, 3.63) is 0 Å². The first-order chi connectivity index (χ1) is 9.54. The van der Waals surface area contributed by atoms with Crippen molar-refractivity contribution < 1.29 is 18.8 Å². The summed E-state index contributed by atoms with van der Waals surface area (Å²) in [6, 6.07) is 0. The fraction of sp³-hybridized carbons (Fsp3) is 0.875. The van der Waals surface area contributed by atoms with E-state index in [2.05, 4.69) is 33.9 Å². The molecule has 0 amide bonds. The van der Waals surface area contributed by atoms with E-state index in [4.69, 9.17) is 9.16 Å². The normalized spacial score (nSPS) is 33.5. The van der Waals surface area contributed by atoms with Crippen LogP contribution in [0.5, 0.6) is 0 Å². The molecule has 0 aromatic rings. The fourth-order valence-corrected chi connectivity index (χ4v) is 4.57. The maximum absolute atomic E-state index is 12.0. The minimum absolute atomic E-state index is 0.0125. The van der Waals surface area contributed by atoms with Crippen molar-refractivity contribution >= 4 is 20.1 Å². The Hall–Kier alpha value is -0.683. The molecule has 0 radical (unpaired) electrons. The molecule has 2 rings (SSSR count). The van der Waals surface area contributed by atoms with E-state index in [1.165, 1.54) is 6.92 Å². The predicted molar refractivity (Wildman–Crippen MR) is 83.5 cm³/mol. The minimum atomic E-state index is -1.90. The zero-order chi connectivity index (χ0) is 16.0. The summed E-state index contributed by atoms with van der Waals surface area (Å²) in [4.78, 5) is 23.7. The van der Waals surface area contributed by atoms with Crippen LogP contribution in [0.25, 0.3) is 0 Å². The molecule has 1 aliphatic carbocycles. The topological polar surface area (TPSA) is 52.6 Å². The lowest BCUT2D eigenvalue weighted by atomic mass is 9.77. The van der Waals surface area contributed by atoms with Gasteiger partial charge in [-0.25, -0.2) is 0 Å². The van der Waals surface area contributed by atoms with Gasteiger partial charge in [-0.15, -0.1) is 0 Å². The van der Waals surface area contributed by atoms with Crippen molar-refractivity contribution in [3.8, 4) is 0 Å². The number of carbonyl (C=O) groups excluding carboxylic acids is 2. The number of fused-ring (bicyclic) bond motifs is 1. The highest BCUT2D eigenvalue weighted by atomic mass is 28.4. The second-order valence-corrected chi connectivity index (χ2v) is 12.8. The van der Waals surface area contributed by atoms with Crippen LogP contribution >= 0.6 is 0 Å². The number of Topliss-reactive ketones (excluding diaryl/α,β-unsaturated/α-hetero) is 1. The first-order valence-electron chi connectivity index (χ1n) is 7.93. The van der Waals surface area contributed by atoms with E-state index in [0.717, 1.165) is 19.3 Å². The zero-order valence-electron chi connectivity index (χ0n) is 14.1. The van der Waals surface area contributed by atoms with Crippen LogP contribution in [0, 0.1) is 11.8 Å². The van der Waals surface area contributed by atoms with Crippen LogP contribution in [-0.2, 0) is 18.8 Å². The van der Waals surface area contributed by atoms with Crippen molar-refractivity contribution in [2.75, 3.05) is 0 Å². The standard InChI is InChI=1S/C16H28O4Si/c1-10(17)13-11-8-7-9-12(14(11)19-15(13)18)20-21(5,6)16(2,3)4/h11-14H,7-9H2,1-6H3/t11-,12-,13-,14-/m1/s1. The van der Waals surface area contributed by atoms with Crippen molar-refractivity contribution in [2.45, 2.75) is 77.3 Å². The minimum Gasteiger partial charge on any atom is -0.459 e. The largest absolute Gasteiger partial charge is 0.459 e. The molecule has 4 atom stereocenters. The molecular formula is C16H28O4Si. The van der Waals surface area contributed by atoms with Crippen LogP contribution in [0.15, 0.2) is 0 Å². The molecule has 1 aliphatic heterocycles. The predicted octanol–water partition coefficient (Wildman–Crippen LogP) is 3.31. The highest BCUT2D eigenvalue weighted by molar-refractivity contribution is 6.74. The Balaban J connectivity index is 2.17. The maximum Gasteiger partial charge on any atom is 0.317 e. The third-order valence-electron chi connectivity index (χ3n) is 5.44. The number of ketones is 1. The van der Waals surface area contributed by atoms with Crippen LogP contribution in [0.2, 0.25) is 18.1 Å². The lowest BCUT2D eigenvalue weighted by Crippen LogP contribution is -2.49. The number of esters is 1. The number of hydrogen-bond acceptors (Lipinski definition) is 4. The molecule has 0 spiro atoms. The molecule has 0 bridgehead atoms. The van der Waals surface area contributed by atoms with Gasteiger partial charge in [0.25, 0.3) is 0 Å². The van der Waals surface area contributed by atoms with Crippen molar-refractivity contribution in [2.24, 2.45) is 11.8 Å². The van der Waals surface area contributed by atoms with E-state index in [0.29, 0.717) is 0 Å². The van der Waals surface area contributed by atoms with Crippen LogP contribution in [0.1, 0.15) is 47.0 Å². The van der Waals surface area contributed by atoms with E-state index in [1.54, 1.807) is 0 Å². The molecule has 120 valence electrons. The van der Waals surface area contributed by atoms with Crippen LogP contribution < -0.4 is 0 Å². The molecule has 0 aromatic heterocycles. The first-order valence-corrected chi connectivity index (χ1v) is 10.8. The summed E-state index contributed by atoms with van der Waals surface area (Å²) < 4.78 is 12.0. The number of hydrogen-bond donors (Lipinski definition) is 0. The van der Waals surface area contributed by atoms with E-state index < -0.39 is 14.2 Å². The number of carbonyl (C=O) groups is 2. The highest BCUT2D eigenvalue weighted by Gasteiger charge is 2.53. The van der Waals surface area contributed by atoms with Gasteiger partial charge in [0.2, 0.25) is 0 Å². The van der Waals surface area contributed by atoms with E-state index in [1.807, 2.05) is 0 Å². The lowest BCUT2D eigenvalue weighted by Gasteiger charge is -2.43. The average Bonchev–Trinajstić information content (AvgIpc) is 2.64. The monoisotopic (exact) mass is 312 g/mol. The van der Waals surface area contributed by atoms with Crippen molar-refractivity contribution in [3.63, 3.8) is 0 Å². The Morgan fingerprint density at radius 3 is 2.43 bits per heavy atom. The molecule has 2 aliphatic rings. The molecule has 4 nitrogen and oxygen atoms in total. The third kappa shape index (κ3) is 3.09. The van der Waals surface area contributed by atoms with Crippen molar-refractivity contribution in [1.82, 2.24) is 0 Å². The SMILES string of the molecule is CC(=O)[C@H]1C(=O)O[C@@H]2[C@@H]1CCC[C@H]2O[Si](C)(C)C(C)(C)C.